The van der Waals surface area contributed by atoms with Gasteiger partial charge in [0.05, 0.1) is 33.3 Å². The van der Waals surface area contributed by atoms with Crippen LogP contribution >= 0.6 is 0 Å². The fourth-order valence-electron chi connectivity index (χ4n) is 3.14. The number of anilines is 1. The molecule has 122 valence electrons. The van der Waals surface area contributed by atoms with Gasteiger partial charge in [-0.15, -0.1) is 0 Å². The Labute approximate surface area is 137 Å². The molecule has 1 fully saturated rings. The number of methoxy groups -OCH3 is 1. The van der Waals surface area contributed by atoms with Gasteiger partial charge in [0.25, 0.3) is 0 Å². The lowest BCUT2D eigenvalue weighted by atomic mass is 10.1. The van der Waals surface area contributed by atoms with E-state index in [1.807, 2.05) is 42.5 Å². The molecule has 4 nitrogen and oxygen atoms in total. The molecule has 1 saturated heterocycles. The van der Waals surface area contributed by atoms with Crippen LogP contribution in [0.15, 0.2) is 54.6 Å². The Kier molecular flexibility index (Phi) is 5.16. The zero-order valence-corrected chi connectivity index (χ0v) is 13.6. The Morgan fingerprint density at radius 3 is 2.30 bits per heavy atom. The molecule has 2 N–H and O–H groups in total. The summed E-state index contributed by atoms with van der Waals surface area (Å²) < 4.78 is 5.21. The molecule has 0 aliphatic carbocycles. The Morgan fingerprint density at radius 2 is 1.70 bits per heavy atom. The second-order valence-electron chi connectivity index (χ2n) is 6.07. The van der Waals surface area contributed by atoms with Crippen LogP contribution in [0.1, 0.15) is 11.7 Å². The quantitative estimate of drug-likeness (QED) is 0.869. The van der Waals surface area contributed by atoms with Crippen molar-refractivity contribution in [3.05, 3.63) is 60.2 Å². The van der Waals surface area contributed by atoms with E-state index < -0.39 is 0 Å². The summed E-state index contributed by atoms with van der Waals surface area (Å²) in [6, 6.07) is 18.2. The van der Waals surface area contributed by atoms with E-state index in [2.05, 4.69) is 17.0 Å². The van der Waals surface area contributed by atoms with E-state index in [-0.39, 0.29) is 6.10 Å². The number of hydrogen-bond acceptors (Lipinski definition) is 3. The van der Waals surface area contributed by atoms with Crippen molar-refractivity contribution in [1.29, 1.82) is 0 Å². The van der Waals surface area contributed by atoms with Crippen molar-refractivity contribution in [1.82, 2.24) is 0 Å². The number of nitrogens with one attached hydrogen (secondary N) is 1. The minimum absolute atomic E-state index is 0.376. The van der Waals surface area contributed by atoms with E-state index in [4.69, 9.17) is 4.74 Å². The van der Waals surface area contributed by atoms with Crippen LogP contribution in [0.4, 0.5) is 5.69 Å². The van der Waals surface area contributed by atoms with Gasteiger partial charge in [-0.2, -0.15) is 0 Å². The number of piperazine rings is 1. The van der Waals surface area contributed by atoms with E-state index in [9.17, 15) is 5.11 Å². The molecule has 3 rings (SSSR count). The van der Waals surface area contributed by atoms with Gasteiger partial charge < -0.3 is 19.6 Å². The fraction of sp³-hybridized carbons (Fsp3) is 0.368. The number of ether oxygens (including phenoxy) is 1. The summed E-state index contributed by atoms with van der Waals surface area (Å²) in [6.07, 6.45) is -0.376. The van der Waals surface area contributed by atoms with E-state index in [0.29, 0.717) is 0 Å². The van der Waals surface area contributed by atoms with Crippen LogP contribution in [0.25, 0.3) is 0 Å². The lowest BCUT2D eigenvalue weighted by Gasteiger charge is -2.34. The van der Waals surface area contributed by atoms with Gasteiger partial charge in [0.1, 0.15) is 18.4 Å². The van der Waals surface area contributed by atoms with Gasteiger partial charge >= 0.3 is 0 Å². The highest BCUT2D eigenvalue weighted by Crippen LogP contribution is 2.19. The minimum atomic E-state index is -0.376. The number of rotatable bonds is 5. The third-order valence-corrected chi connectivity index (χ3v) is 4.57. The highest BCUT2D eigenvalue weighted by molar-refractivity contribution is 5.49. The summed E-state index contributed by atoms with van der Waals surface area (Å²) >= 11 is 0. The number of hydrogen-bond donors (Lipinski definition) is 2. The first-order valence-electron chi connectivity index (χ1n) is 8.22. The van der Waals surface area contributed by atoms with Gasteiger partial charge in [-0.05, 0) is 29.8 Å². The van der Waals surface area contributed by atoms with Gasteiger partial charge in [-0.25, -0.2) is 0 Å². The smallest absolute Gasteiger partial charge is 0.128 e. The number of aliphatic hydroxyl groups is 1. The largest absolute Gasteiger partial charge is 0.497 e. The number of aliphatic hydroxyl groups excluding tert-OH is 1. The highest BCUT2D eigenvalue weighted by Gasteiger charge is 2.23. The average Bonchev–Trinajstić information content (AvgIpc) is 2.63. The van der Waals surface area contributed by atoms with E-state index in [1.165, 1.54) is 10.6 Å². The van der Waals surface area contributed by atoms with Crippen molar-refractivity contribution in [2.24, 2.45) is 0 Å². The van der Waals surface area contributed by atoms with E-state index in [0.717, 1.165) is 44.0 Å². The Morgan fingerprint density at radius 1 is 1.04 bits per heavy atom. The molecule has 0 radical (unpaired) electrons. The molecule has 0 saturated carbocycles. The molecule has 2 aromatic carbocycles. The summed E-state index contributed by atoms with van der Waals surface area (Å²) in [6.45, 7) is 4.92. The lowest BCUT2D eigenvalue weighted by molar-refractivity contribution is -0.904. The molecule has 4 heteroatoms. The summed E-state index contributed by atoms with van der Waals surface area (Å²) in [5, 5.41) is 10.4. The van der Waals surface area contributed by atoms with Crippen molar-refractivity contribution in [2.75, 3.05) is 44.7 Å². The standard InChI is InChI=1S/C19H24N2O2/c1-23-18-9-7-17(8-10-18)21-13-11-20(12-14-21)15-19(22)16-5-3-2-4-6-16/h2-10,19,22H,11-15H2,1H3/p+1/t19-/m0/s1. The monoisotopic (exact) mass is 313 g/mol. The number of quaternary nitrogens is 1. The zero-order valence-electron chi connectivity index (χ0n) is 13.6. The third kappa shape index (κ3) is 4.03. The van der Waals surface area contributed by atoms with Crippen molar-refractivity contribution >= 4 is 5.69 Å². The van der Waals surface area contributed by atoms with Crippen LogP contribution in [0, 0.1) is 0 Å². The predicted molar refractivity (Wildman–Crippen MR) is 92.2 cm³/mol. The van der Waals surface area contributed by atoms with Crippen LogP contribution in [0.2, 0.25) is 0 Å². The molecule has 0 spiro atoms. The molecule has 0 unspecified atom stereocenters. The Hall–Kier alpha value is -2.04. The van der Waals surface area contributed by atoms with Crippen LogP contribution in [0.5, 0.6) is 5.75 Å². The van der Waals surface area contributed by atoms with Crippen LogP contribution in [0.3, 0.4) is 0 Å². The zero-order chi connectivity index (χ0) is 16.1. The maximum Gasteiger partial charge on any atom is 0.128 e. The first kappa shape index (κ1) is 15.8. The van der Waals surface area contributed by atoms with Crippen molar-refractivity contribution < 1.29 is 14.7 Å². The topological polar surface area (TPSA) is 37.1 Å². The van der Waals surface area contributed by atoms with Crippen molar-refractivity contribution in [3.8, 4) is 5.75 Å². The van der Waals surface area contributed by atoms with Crippen LogP contribution in [-0.2, 0) is 0 Å². The number of nitrogens with zero attached hydrogens (tertiary/aromatic N) is 1. The van der Waals surface area contributed by atoms with Gasteiger partial charge in [-0.1, -0.05) is 30.3 Å². The SMILES string of the molecule is COc1ccc(N2CC[NH+](C[C@H](O)c3ccccc3)CC2)cc1. The molecular formula is C19H25N2O2+. The summed E-state index contributed by atoms with van der Waals surface area (Å²) in [4.78, 5) is 3.86. The van der Waals surface area contributed by atoms with Crippen molar-refractivity contribution in [2.45, 2.75) is 6.10 Å². The summed E-state index contributed by atoms with van der Waals surface area (Å²) in [7, 11) is 1.69. The second kappa shape index (κ2) is 7.49. The molecule has 2 aromatic rings. The summed E-state index contributed by atoms with van der Waals surface area (Å²) in [5.41, 5.74) is 2.26. The molecule has 23 heavy (non-hydrogen) atoms. The predicted octanol–water partition coefficient (Wildman–Crippen LogP) is 1.13. The van der Waals surface area contributed by atoms with Gasteiger partial charge in [0.2, 0.25) is 0 Å². The molecule has 1 aliphatic heterocycles. The number of benzene rings is 2. The molecule has 0 bridgehead atoms. The van der Waals surface area contributed by atoms with Crippen LogP contribution in [-0.4, -0.2) is 44.9 Å². The normalized spacial score (nSPS) is 17.0. The van der Waals surface area contributed by atoms with Gasteiger partial charge in [0, 0.05) is 5.69 Å². The molecule has 1 aliphatic rings. The second-order valence-corrected chi connectivity index (χ2v) is 6.07. The molecule has 1 heterocycles. The Balaban J connectivity index is 1.52. The maximum absolute atomic E-state index is 10.4. The third-order valence-electron chi connectivity index (χ3n) is 4.57. The Bertz CT molecular complexity index is 593. The molecular weight excluding hydrogens is 288 g/mol. The molecule has 1 atom stereocenters. The van der Waals surface area contributed by atoms with Crippen LogP contribution < -0.4 is 14.5 Å². The van der Waals surface area contributed by atoms with E-state index in [1.54, 1.807) is 7.11 Å². The molecule has 0 aromatic heterocycles. The van der Waals surface area contributed by atoms with Crippen molar-refractivity contribution in [3.63, 3.8) is 0 Å². The van der Waals surface area contributed by atoms with Gasteiger partial charge in [-0.3, -0.25) is 0 Å². The first-order valence-corrected chi connectivity index (χ1v) is 8.22. The first-order chi connectivity index (χ1) is 11.3. The lowest BCUT2D eigenvalue weighted by Crippen LogP contribution is -3.15. The minimum Gasteiger partial charge on any atom is -0.497 e. The highest BCUT2D eigenvalue weighted by atomic mass is 16.5. The maximum atomic E-state index is 10.4. The average molecular weight is 313 g/mol. The fourth-order valence-corrected chi connectivity index (χ4v) is 3.14. The molecule has 0 amide bonds. The van der Waals surface area contributed by atoms with Gasteiger partial charge in [0.15, 0.2) is 0 Å². The summed E-state index contributed by atoms with van der Waals surface area (Å²) in [5.74, 6) is 0.893. The van der Waals surface area contributed by atoms with E-state index >= 15 is 0 Å².